The first-order chi connectivity index (χ1) is 34.6. The van der Waals surface area contributed by atoms with Crippen LogP contribution in [-0.4, -0.2) is 140 Å². The van der Waals surface area contributed by atoms with E-state index in [2.05, 4.69) is 31.3 Å². The molecule has 0 spiro atoms. The van der Waals surface area contributed by atoms with Crippen LogP contribution in [0.5, 0.6) is 0 Å². The fourth-order valence-electron chi connectivity index (χ4n) is 9.64. The van der Waals surface area contributed by atoms with Crippen LogP contribution in [-0.2, 0) is 23.7 Å². The monoisotopic (exact) mass is 1010 g/mol. The first-order valence-corrected chi connectivity index (χ1v) is 29.1. The minimum atomic E-state index is -1.79. The smallest absolute Gasteiger partial charge is 0.220 e. The van der Waals surface area contributed by atoms with Gasteiger partial charge in [-0.05, 0) is 44.9 Å². The molecule has 0 saturated carbocycles. The van der Waals surface area contributed by atoms with Gasteiger partial charge in [0.05, 0.1) is 32.0 Å². The molecule has 2 rings (SSSR count). The summed E-state index contributed by atoms with van der Waals surface area (Å²) in [7, 11) is 0. The molecule has 14 nitrogen and oxygen atoms in total. The van der Waals surface area contributed by atoms with Crippen molar-refractivity contribution in [2.24, 2.45) is 0 Å². The van der Waals surface area contributed by atoms with Crippen LogP contribution in [0.2, 0.25) is 0 Å². The van der Waals surface area contributed by atoms with Gasteiger partial charge in [0, 0.05) is 6.42 Å². The van der Waals surface area contributed by atoms with Gasteiger partial charge in [-0.2, -0.15) is 0 Å². The lowest BCUT2D eigenvalue weighted by atomic mass is 9.97. The molecule has 2 saturated heterocycles. The average molecular weight is 1010 g/mol. The van der Waals surface area contributed by atoms with E-state index in [0.29, 0.717) is 6.42 Å². The van der Waals surface area contributed by atoms with E-state index in [9.17, 15) is 45.6 Å². The zero-order valence-electron chi connectivity index (χ0n) is 44.7. The van der Waals surface area contributed by atoms with Crippen molar-refractivity contribution in [1.82, 2.24) is 5.32 Å². The van der Waals surface area contributed by atoms with Crippen LogP contribution in [0.4, 0.5) is 0 Å². The van der Waals surface area contributed by atoms with Crippen LogP contribution >= 0.6 is 0 Å². The lowest BCUT2D eigenvalue weighted by Crippen LogP contribution is -2.65. The summed E-state index contributed by atoms with van der Waals surface area (Å²) in [6, 6.07) is -0.914. The quantitative estimate of drug-likeness (QED) is 0.0205. The summed E-state index contributed by atoms with van der Waals surface area (Å²) in [5.74, 6) is -0.242. The van der Waals surface area contributed by atoms with E-state index in [1.165, 1.54) is 167 Å². The number of unbranched alkanes of at least 4 members (excludes halogenated alkanes) is 31. The molecule has 0 bridgehead atoms. The second-order valence-corrected chi connectivity index (χ2v) is 20.8. The molecule has 2 heterocycles. The van der Waals surface area contributed by atoms with Crippen molar-refractivity contribution in [3.8, 4) is 0 Å². The van der Waals surface area contributed by atoms with E-state index < -0.39 is 86.8 Å². The van der Waals surface area contributed by atoms with Gasteiger partial charge < -0.3 is 65.1 Å². The van der Waals surface area contributed by atoms with Gasteiger partial charge in [-0.1, -0.05) is 212 Å². The van der Waals surface area contributed by atoms with Crippen LogP contribution in [0, 0.1) is 0 Å². The molecule has 0 radical (unpaired) electrons. The van der Waals surface area contributed by atoms with Crippen molar-refractivity contribution in [3.05, 3.63) is 24.3 Å². The van der Waals surface area contributed by atoms with Crippen molar-refractivity contribution in [1.29, 1.82) is 0 Å². The fraction of sp³-hybridized carbons (Fsp3) is 0.912. The van der Waals surface area contributed by atoms with E-state index in [0.717, 1.165) is 44.9 Å². The minimum Gasteiger partial charge on any atom is -0.394 e. The van der Waals surface area contributed by atoms with Gasteiger partial charge in [0.2, 0.25) is 5.91 Å². The highest BCUT2D eigenvalue weighted by molar-refractivity contribution is 5.76. The number of carbonyl (C=O) groups is 1. The number of hydrogen-bond donors (Lipinski definition) is 9. The molecule has 2 aliphatic heterocycles. The van der Waals surface area contributed by atoms with Crippen molar-refractivity contribution in [3.63, 3.8) is 0 Å². The summed E-state index contributed by atoms with van der Waals surface area (Å²) in [5.41, 5.74) is 0. The Morgan fingerprint density at radius 3 is 1.34 bits per heavy atom. The number of aliphatic hydroxyl groups excluding tert-OH is 8. The van der Waals surface area contributed by atoms with Gasteiger partial charge in [-0.25, -0.2) is 0 Å². The predicted octanol–water partition coefficient (Wildman–Crippen LogP) is 9.28. The average Bonchev–Trinajstić information content (AvgIpc) is 3.37. The maximum atomic E-state index is 13.2. The van der Waals surface area contributed by atoms with E-state index in [-0.39, 0.29) is 18.9 Å². The largest absolute Gasteiger partial charge is 0.394 e. The summed E-state index contributed by atoms with van der Waals surface area (Å²) in [5, 5.41) is 87.0. The Balaban J connectivity index is 1.79. The maximum absolute atomic E-state index is 13.2. The molecule has 0 aromatic carbocycles. The molecular weight excluding hydrogens is 907 g/mol. The molecule has 0 aliphatic carbocycles. The Kier molecular flexibility index (Phi) is 40.4. The molecule has 9 N–H and O–H groups in total. The summed E-state index contributed by atoms with van der Waals surface area (Å²) < 4.78 is 22.8. The molecule has 0 aromatic heterocycles. The van der Waals surface area contributed by atoms with E-state index in [1.54, 1.807) is 6.08 Å². The Hall–Kier alpha value is -1.53. The second kappa shape index (κ2) is 43.7. The zero-order valence-corrected chi connectivity index (χ0v) is 44.7. The third kappa shape index (κ3) is 30.0. The van der Waals surface area contributed by atoms with Gasteiger partial charge in [0.1, 0.15) is 48.8 Å². The van der Waals surface area contributed by atoms with Crippen LogP contribution in [0.25, 0.3) is 0 Å². The van der Waals surface area contributed by atoms with Crippen molar-refractivity contribution >= 4 is 5.91 Å². The summed E-state index contributed by atoms with van der Waals surface area (Å²) in [6.07, 6.45) is 33.5. The molecule has 12 atom stereocenters. The van der Waals surface area contributed by atoms with Crippen LogP contribution < -0.4 is 5.32 Å². The van der Waals surface area contributed by atoms with E-state index >= 15 is 0 Å². The van der Waals surface area contributed by atoms with Crippen LogP contribution in [0.1, 0.15) is 239 Å². The van der Waals surface area contributed by atoms with Crippen molar-refractivity contribution < 1.29 is 64.6 Å². The van der Waals surface area contributed by atoms with Gasteiger partial charge in [-0.3, -0.25) is 4.79 Å². The number of carbonyl (C=O) groups excluding carboxylic acids is 1. The number of hydrogen-bond acceptors (Lipinski definition) is 13. The maximum Gasteiger partial charge on any atom is 0.220 e. The number of aliphatic hydroxyl groups is 8. The third-order valence-electron chi connectivity index (χ3n) is 14.4. The fourth-order valence-corrected chi connectivity index (χ4v) is 9.64. The Morgan fingerprint density at radius 1 is 0.493 bits per heavy atom. The topological polar surface area (TPSA) is 228 Å². The number of rotatable bonds is 46. The molecule has 418 valence electrons. The first-order valence-electron chi connectivity index (χ1n) is 29.1. The summed E-state index contributed by atoms with van der Waals surface area (Å²) >= 11 is 0. The molecule has 0 aromatic rings. The molecule has 1 amide bonds. The van der Waals surface area contributed by atoms with Crippen LogP contribution in [0.15, 0.2) is 24.3 Å². The van der Waals surface area contributed by atoms with Crippen LogP contribution in [0.3, 0.4) is 0 Å². The van der Waals surface area contributed by atoms with Gasteiger partial charge in [0.15, 0.2) is 12.6 Å². The summed E-state index contributed by atoms with van der Waals surface area (Å²) in [6.45, 7) is 2.81. The number of amides is 1. The number of ether oxygens (including phenoxy) is 4. The number of nitrogens with one attached hydrogen (secondary N) is 1. The minimum absolute atomic E-state index is 0.242. The first kappa shape index (κ1) is 65.6. The molecular formula is C57H107NO13. The SMILES string of the molecule is CCCCCCCCC/C=C\CCCCCCCCCC(=O)NC(COC1OC(CO)C(OC2OC(CO)C(O)C(O)C2O)C(O)C1O)C(O)/C=C/CCCCCCCCCCCCCCCCCCC. The highest BCUT2D eigenvalue weighted by Gasteiger charge is 2.51. The Bertz CT molecular complexity index is 1290. The Morgan fingerprint density at radius 2 is 0.887 bits per heavy atom. The molecule has 14 heteroatoms. The predicted molar refractivity (Wildman–Crippen MR) is 282 cm³/mol. The molecule has 71 heavy (non-hydrogen) atoms. The van der Waals surface area contributed by atoms with E-state index in [4.69, 9.17) is 18.9 Å². The normalized spacial score (nSPS) is 25.9. The van der Waals surface area contributed by atoms with Crippen molar-refractivity contribution in [2.45, 2.75) is 312 Å². The van der Waals surface area contributed by atoms with Gasteiger partial charge >= 0.3 is 0 Å². The molecule has 2 fully saturated rings. The molecule has 12 unspecified atom stereocenters. The highest BCUT2D eigenvalue weighted by Crippen LogP contribution is 2.30. The highest BCUT2D eigenvalue weighted by atomic mass is 16.7. The van der Waals surface area contributed by atoms with E-state index in [1.807, 2.05) is 6.08 Å². The second-order valence-electron chi connectivity index (χ2n) is 20.8. The van der Waals surface area contributed by atoms with Crippen molar-refractivity contribution in [2.75, 3.05) is 19.8 Å². The standard InChI is InChI=1S/C57H107NO13/c1-3-5-7-9-11-13-15-17-19-21-23-24-26-28-30-32-34-36-38-40-46(61)45(58-49(62)41-39-37-35-33-31-29-27-25-22-20-18-16-14-12-10-8-6-4-2)44-68-56-54(67)52(65)55(48(43-60)70-56)71-57-53(66)51(64)50(63)47(42-59)69-57/h20,22,38,40,45-48,50-57,59-61,63-67H,3-19,21,23-37,39,41-44H2,1-2H3,(H,58,62)/b22-20-,40-38+. The van der Waals surface area contributed by atoms with Gasteiger partial charge in [-0.15, -0.1) is 0 Å². The lowest BCUT2D eigenvalue weighted by Gasteiger charge is -2.46. The third-order valence-corrected chi connectivity index (χ3v) is 14.4. The lowest BCUT2D eigenvalue weighted by molar-refractivity contribution is -0.359. The summed E-state index contributed by atoms with van der Waals surface area (Å²) in [4.78, 5) is 13.2. The zero-order chi connectivity index (χ0) is 51.7. The molecule has 2 aliphatic rings. The number of allylic oxidation sites excluding steroid dienone is 3. The Labute approximate surface area is 430 Å². The van der Waals surface area contributed by atoms with Gasteiger partial charge in [0.25, 0.3) is 0 Å².